The van der Waals surface area contributed by atoms with Crippen molar-refractivity contribution >= 4 is 23.5 Å². The first kappa shape index (κ1) is 19.3. The van der Waals surface area contributed by atoms with Gasteiger partial charge in [-0.2, -0.15) is 0 Å². The molecule has 0 radical (unpaired) electrons. The molecule has 3 rings (SSSR count). The first-order chi connectivity index (χ1) is 11.5. The number of hydrogen-bond acceptors (Lipinski definition) is 6. The van der Waals surface area contributed by atoms with Crippen molar-refractivity contribution in [2.24, 2.45) is 16.7 Å². The third-order valence-electron chi connectivity index (χ3n) is 6.64. The van der Waals surface area contributed by atoms with Gasteiger partial charge >= 0.3 is 7.60 Å². The van der Waals surface area contributed by atoms with Gasteiger partial charge in [0.05, 0.1) is 25.0 Å². The summed E-state index contributed by atoms with van der Waals surface area (Å²) in [5, 5.41) is 0. The van der Waals surface area contributed by atoms with E-state index in [2.05, 4.69) is 13.8 Å². The number of sulfonamides is 1. The smallest absolute Gasteiger partial charge is 0.309 e. The minimum atomic E-state index is -3.71. The van der Waals surface area contributed by atoms with Gasteiger partial charge < -0.3 is 9.05 Å². The monoisotopic (exact) mass is 397 g/mol. The number of carbonyl (C=O) groups is 1. The van der Waals surface area contributed by atoms with Crippen molar-refractivity contribution in [2.45, 2.75) is 53.0 Å². The summed E-state index contributed by atoms with van der Waals surface area (Å²) in [5.41, 5.74) is -0.489. The molecule has 3 fully saturated rings. The van der Waals surface area contributed by atoms with E-state index in [9.17, 15) is 17.8 Å². The first-order valence-corrected chi connectivity index (χ1v) is 12.3. The second-order valence-electron chi connectivity index (χ2n) is 7.92. The second kappa shape index (κ2) is 6.04. The van der Waals surface area contributed by atoms with Crippen molar-refractivity contribution in [3.8, 4) is 0 Å². The molecule has 0 N–H and O–H groups in total. The van der Waals surface area contributed by atoms with Crippen LogP contribution < -0.4 is 0 Å². The minimum absolute atomic E-state index is 0.00742. The molecular formula is C16H28NO6PS. The average Bonchev–Trinajstić information content (AvgIpc) is 2.94. The Labute approximate surface area is 150 Å². The highest BCUT2D eigenvalue weighted by atomic mass is 32.2. The normalized spacial score (nSPS) is 35.1. The lowest BCUT2D eigenvalue weighted by Crippen LogP contribution is -2.45. The zero-order chi connectivity index (χ0) is 18.7. The molecule has 1 aliphatic heterocycles. The Hall–Kier alpha value is -0.430. The van der Waals surface area contributed by atoms with Gasteiger partial charge in [-0.05, 0) is 44.4 Å². The van der Waals surface area contributed by atoms with Crippen LogP contribution in [0.2, 0.25) is 0 Å². The van der Waals surface area contributed by atoms with E-state index in [1.807, 2.05) is 0 Å². The molecular weight excluding hydrogens is 369 g/mol. The third kappa shape index (κ3) is 2.71. The number of rotatable bonds is 6. The predicted octanol–water partition coefficient (Wildman–Crippen LogP) is 2.62. The second-order valence-corrected chi connectivity index (χ2v) is 11.8. The van der Waals surface area contributed by atoms with E-state index in [0.717, 1.165) is 17.1 Å². The highest BCUT2D eigenvalue weighted by molar-refractivity contribution is 7.90. The molecule has 144 valence electrons. The Kier molecular flexibility index (Phi) is 4.67. The predicted molar refractivity (Wildman–Crippen MR) is 93.7 cm³/mol. The zero-order valence-corrected chi connectivity index (χ0v) is 17.1. The van der Waals surface area contributed by atoms with E-state index >= 15 is 0 Å². The lowest BCUT2D eigenvalue weighted by molar-refractivity contribution is -0.126. The summed E-state index contributed by atoms with van der Waals surface area (Å²) >= 11 is 0. The number of nitrogens with zero attached hydrogens (tertiary/aromatic N) is 1. The summed E-state index contributed by atoms with van der Waals surface area (Å²) in [4.78, 5) is 12.9. The molecule has 2 bridgehead atoms. The van der Waals surface area contributed by atoms with Crippen LogP contribution in [0.3, 0.4) is 0 Å². The molecule has 0 aromatic heterocycles. The van der Waals surface area contributed by atoms with Gasteiger partial charge in [0.15, 0.2) is 0 Å². The van der Waals surface area contributed by atoms with Crippen LogP contribution in [0.15, 0.2) is 0 Å². The summed E-state index contributed by atoms with van der Waals surface area (Å²) in [7, 11) is -7.34. The summed E-state index contributed by atoms with van der Waals surface area (Å²) in [6, 6.07) is -0.324. The zero-order valence-electron chi connectivity index (χ0n) is 15.4. The number of carbonyl (C=O) groups excluding carboxylic acids is 1. The van der Waals surface area contributed by atoms with Crippen LogP contribution in [0, 0.1) is 16.7 Å². The maximum absolute atomic E-state index is 12.9. The number of amides is 1. The Bertz CT molecular complexity index is 710. The lowest BCUT2D eigenvalue weighted by Gasteiger charge is -2.37. The van der Waals surface area contributed by atoms with Crippen LogP contribution in [0.4, 0.5) is 0 Å². The number of hydrogen-bond donors (Lipinski definition) is 0. The highest BCUT2D eigenvalue weighted by Gasteiger charge is 2.72. The molecule has 0 aromatic carbocycles. The fourth-order valence-corrected chi connectivity index (χ4v) is 9.55. The summed E-state index contributed by atoms with van der Waals surface area (Å²) in [5.74, 6) is -0.225. The molecule has 1 saturated heterocycles. The SMILES string of the molecule is CCOP(=O)([14CH2][14C](=O)N1[C@H]2C[C@@H]3CC[C@@]2(CS1(=O)=O)C3(C)C)OCC. The van der Waals surface area contributed by atoms with Gasteiger partial charge in [0.25, 0.3) is 0 Å². The van der Waals surface area contributed by atoms with Crippen LogP contribution in [-0.2, 0) is 28.4 Å². The molecule has 2 saturated carbocycles. The summed E-state index contributed by atoms with van der Waals surface area (Å²) in [6.45, 7) is 7.85. The molecule has 2 aliphatic carbocycles. The van der Waals surface area contributed by atoms with Gasteiger partial charge in [0.1, 0.15) is 6.16 Å². The van der Waals surface area contributed by atoms with Crippen LogP contribution in [0.1, 0.15) is 47.0 Å². The quantitative estimate of drug-likeness (QED) is 0.640. The van der Waals surface area contributed by atoms with Crippen molar-refractivity contribution in [2.75, 3.05) is 25.1 Å². The number of fused-ring (bicyclic) bond motifs is 1. The molecule has 0 aromatic rings. The average molecular weight is 397 g/mol. The van der Waals surface area contributed by atoms with E-state index < -0.39 is 29.7 Å². The first-order valence-electron chi connectivity index (χ1n) is 8.96. The van der Waals surface area contributed by atoms with Crippen molar-refractivity contribution in [1.29, 1.82) is 0 Å². The molecule has 7 nitrogen and oxygen atoms in total. The Morgan fingerprint density at radius 1 is 1.28 bits per heavy atom. The largest absolute Gasteiger partial charge is 0.340 e. The molecule has 3 aliphatic rings. The van der Waals surface area contributed by atoms with Crippen molar-refractivity contribution in [3.05, 3.63) is 0 Å². The molecule has 25 heavy (non-hydrogen) atoms. The Balaban J connectivity index is 1.90. The summed E-state index contributed by atoms with van der Waals surface area (Å²) < 4.78 is 49.7. The minimum Gasteiger partial charge on any atom is -0.309 e. The van der Waals surface area contributed by atoms with Crippen LogP contribution in [0.5, 0.6) is 0 Å². The molecule has 3 atom stereocenters. The van der Waals surface area contributed by atoms with Crippen molar-refractivity contribution < 1.29 is 26.8 Å². The van der Waals surface area contributed by atoms with Gasteiger partial charge in [-0.3, -0.25) is 9.36 Å². The van der Waals surface area contributed by atoms with Gasteiger partial charge in [-0.25, -0.2) is 12.7 Å². The molecule has 1 heterocycles. The van der Waals surface area contributed by atoms with Crippen LogP contribution >= 0.6 is 7.60 Å². The van der Waals surface area contributed by atoms with Gasteiger partial charge in [0.2, 0.25) is 15.9 Å². The maximum atomic E-state index is 12.9. The van der Waals surface area contributed by atoms with E-state index in [-0.39, 0.29) is 35.8 Å². The van der Waals surface area contributed by atoms with Crippen LogP contribution in [0.25, 0.3) is 0 Å². The van der Waals surface area contributed by atoms with E-state index in [1.54, 1.807) is 13.8 Å². The van der Waals surface area contributed by atoms with Crippen molar-refractivity contribution in [1.82, 2.24) is 4.31 Å². The standard InChI is InChI=1S/C16H28NO6PS/c1-5-22-24(19,23-6-2)10-14(18)17-13-9-12-7-8-16(13,15(12,3)4)11-25(17,20)21/h12-13H,5-11H2,1-4H3/t12-,13-,16-/m0/s1/i10+2,14+2. The molecule has 1 spiro atoms. The molecule has 1 amide bonds. The van der Waals surface area contributed by atoms with Crippen molar-refractivity contribution in [3.63, 3.8) is 0 Å². The Morgan fingerprint density at radius 2 is 1.88 bits per heavy atom. The fraction of sp³-hybridized carbons (Fsp3) is 0.938. The van der Waals surface area contributed by atoms with Gasteiger partial charge in [-0.15, -0.1) is 0 Å². The highest BCUT2D eigenvalue weighted by Crippen LogP contribution is 2.70. The Morgan fingerprint density at radius 3 is 2.40 bits per heavy atom. The maximum Gasteiger partial charge on any atom is 0.340 e. The van der Waals surface area contributed by atoms with Crippen LogP contribution in [-0.4, -0.2) is 49.8 Å². The van der Waals surface area contributed by atoms with E-state index in [0.29, 0.717) is 12.3 Å². The van der Waals surface area contributed by atoms with E-state index in [4.69, 9.17) is 9.05 Å². The summed E-state index contributed by atoms with van der Waals surface area (Å²) in [6.07, 6.45) is 2.02. The fourth-order valence-electron chi connectivity index (χ4n) is 5.37. The molecule has 0 unspecified atom stereocenters. The van der Waals surface area contributed by atoms with E-state index in [1.165, 1.54) is 0 Å². The third-order valence-corrected chi connectivity index (χ3v) is 10.5. The molecule has 9 heteroatoms. The van der Waals surface area contributed by atoms with Gasteiger partial charge in [-0.1, -0.05) is 13.8 Å². The lowest BCUT2D eigenvalue weighted by atomic mass is 9.69. The topological polar surface area (TPSA) is 90.0 Å². The van der Waals surface area contributed by atoms with Gasteiger partial charge in [0, 0.05) is 5.41 Å².